The summed E-state index contributed by atoms with van der Waals surface area (Å²) in [4.78, 5) is 11.5. The van der Waals surface area contributed by atoms with E-state index >= 15 is 0 Å². The van der Waals surface area contributed by atoms with Crippen LogP contribution in [0.3, 0.4) is 0 Å². The van der Waals surface area contributed by atoms with Crippen LogP contribution in [0.15, 0.2) is 18.2 Å². The van der Waals surface area contributed by atoms with Gasteiger partial charge in [-0.3, -0.25) is 4.79 Å². The van der Waals surface area contributed by atoms with E-state index in [4.69, 9.17) is 11.6 Å². The van der Waals surface area contributed by atoms with E-state index in [1.807, 2.05) is 0 Å². The van der Waals surface area contributed by atoms with Crippen molar-refractivity contribution >= 4 is 17.4 Å². The van der Waals surface area contributed by atoms with Gasteiger partial charge in [0.25, 0.3) is 6.43 Å². The topological polar surface area (TPSA) is 17.1 Å². The summed E-state index contributed by atoms with van der Waals surface area (Å²) in [5.41, 5.74) is -3.52. The van der Waals surface area contributed by atoms with Crippen molar-refractivity contribution in [2.45, 2.75) is 24.9 Å². The molecule has 0 aliphatic rings. The fraction of sp³-hybridized carbons (Fsp3) is 0.364. The Morgan fingerprint density at radius 3 is 2.22 bits per heavy atom. The first kappa shape index (κ1) is 14.9. The average molecular weight is 287 g/mol. The Labute approximate surface area is 105 Å². The lowest BCUT2D eigenvalue weighted by Crippen LogP contribution is -2.18. The first-order valence-corrected chi connectivity index (χ1v) is 5.26. The third-order valence-electron chi connectivity index (χ3n) is 2.26. The molecule has 18 heavy (non-hydrogen) atoms. The second-order valence-corrected chi connectivity index (χ2v) is 4.20. The van der Waals surface area contributed by atoms with Crippen LogP contribution < -0.4 is 0 Å². The van der Waals surface area contributed by atoms with Gasteiger partial charge < -0.3 is 0 Å². The number of benzene rings is 1. The highest BCUT2D eigenvalue weighted by atomic mass is 35.5. The number of ketones is 1. The highest BCUT2D eigenvalue weighted by molar-refractivity contribution is 6.33. The molecule has 0 aliphatic carbocycles. The van der Waals surface area contributed by atoms with E-state index in [2.05, 4.69) is 0 Å². The van der Waals surface area contributed by atoms with Gasteiger partial charge in [-0.2, -0.15) is 13.2 Å². The van der Waals surface area contributed by atoms with Crippen molar-refractivity contribution in [1.29, 1.82) is 0 Å². The molecular weight excluding hydrogens is 279 g/mol. The summed E-state index contributed by atoms with van der Waals surface area (Å²) < 4.78 is 63.2. The molecule has 0 bridgehead atoms. The highest BCUT2D eigenvalue weighted by Crippen LogP contribution is 2.38. The smallest absolute Gasteiger partial charge is 0.293 e. The molecule has 1 nitrogen and oxygen atoms in total. The molecule has 0 spiro atoms. The molecule has 0 saturated carbocycles. The van der Waals surface area contributed by atoms with Crippen LogP contribution >= 0.6 is 11.6 Å². The Morgan fingerprint density at radius 2 is 1.83 bits per heavy atom. The lowest BCUT2D eigenvalue weighted by molar-refractivity contribution is -0.139. The Kier molecular flexibility index (Phi) is 4.32. The minimum atomic E-state index is -4.95. The molecule has 0 amide bonds. The predicted molar refractivity (Wildman–Crippen MR) is 56.0 cm³/mol. The zero-order chi connectivity index (χ0) is 14.1. The summed E-state index contributed by atoms with van der Waals surface area (Å²) in [6.45, 7) is 1.21. The summed E-state index contributed by atoms with van der Waals surface area (Å²) >= 11 is 5.43. The zero-order valence-corrected chi connectivity index (χ0v) is 9.82. The summed E-state index contributed by atoms with van der Waals surface area (Å²) in [6, 6.07) is 2.33. The Hall–Kier alpha value is -1.17. The maximum absolute atomic E-state index is 12.7. The number of Topliss-reactive ketones (excluding diaryl/α,β-unsaturated/α-hetero) is 1. The van der Waals surface area contributed by atoms with Gasteiger partial charge in [0.2, 0.25) is 0 Å². The third-order valence-corrected chi connectivity index (χ3v) is 2.45. The summed E-state index contributed by atoms with van der Waals surface area (Å²) in [6.07, 6.45) is -8.35. The van der Waals surface area contributed by atoms with Crippen LogP contribution in [0.1, 0.15) is 34.8 Å². The Morgan fingerprint density at radius 1 is 1.28 bits per heavy atom. The molecule has 0 fully saturated rings. The van der Waals surface area contributed by atoms with Gasteiger partial charge in [0.05, 0.1) is 10.9 Å². The minimum Gasteiger partial charge on any atom is -0.293 e. The van der Waals surface area contributed by atoms with E-state index in [0.717, 1.165) is 12.1 Å². The van der Waals surface area contributed by atoms with Crippen molar-refractivity contribution in [1.82, 2.24) is 0 Å². The fourth-order valence-electron chi connectivity index (χ4n) is 1.48. The lowest BCUT2D eigenvalue weighted by Gasteiger charge is -2.16. The molecule has 0 heterocycles. The normalized spacial score (nSPS) is 13.8. The van der Waals surface area contributed by atoms with Crippen LogP contribution in [0.25, 0.3) is 0 Å². The van der Waals surface area contributed by atoms with Crippen molar-refractivity contribution < 1.29 is 26.7 Å². The minimum absolute atomic E-state index is 0.511. The molecular formula is C11H8ClF5O. The molecule has 1 rings (SSSR count). The van der Waals surface area contributed by atoms with Crippen LogP contribution in [0.5, 0.6) is 0 Å². The Bertz CT molecular complexity index is 453. The Balaban J connectivity index is 3.50. The fourth-order valence-corrected chi connectivity index (χ4v) is 1.59. The van der Waals surface area contributed by atoms with Crippen LogP contribution in [0.4, 0.5) is 22.0 Å². The predicted octanol–water partition coefficient (Wildman–Crippen LogP) is 4.45. The van der Waals surface area contributed by atoms with Gasteiger partial charge in [0.1, 0.15) is 0 Å². The maximum atomic E-state index is 12.7. The molecule has 0 aromatic heterocycles. The van der Waals surface area contributed by atoms with Crippen molar-refractivity contribution in [3.8, 4) is 0 Å². The number of halogens is 6. The number of rotatable bonds is 3. The van der Waals surface area contributed by atoms with E-state index < -0.39 is 40.5 Å². The van der Waals surface area contributed by atoms with Gasteiger partial charge in [-0.15, -0.1) is 11.6 Å². The molecule has 1 aromatic rings. The average Bonchev–Trinajstić information content (AvgIpc) is 2.25. The van der Waals surface area contributed by atoms with E-state index in [0.29, 0.717) is 6.07 Å². The third kappa shape index (κ3) is 2.98. The summed E-state index contributed by atoms with van der Waals surface area (Å²) in [7, 11) is 0. The molecule has 0 saturated heterocycles. The SMILES string of the molecule is CC(Cl)C(=O)c1cccc(C(F)(F)F)c1C(F)F. The van der Waals surface area contributed by atoms with E-state index in [9.17, 15) is 26.7 Å². The molecule has 0 aliphatic heterocycles. The highest BCUT2D eigenvalue weighted by Gasteiger charge is 2.38. The molecule has 100 valence electrons. The molecule has 0 N–H and O–H groups in total. The largest absolute Gasteiger partial charge is 0.416 e. The second kappa shape index (κ2) is 5.22. The first-order valence-electron chi connectivity index (χ1n) is 4.82. The molecule has 1 aromatic carbocycles. The lowest BCUT2D eigenvalue weighted by atomic mass is 9.96. The quantitative estimate of drug-likeness (QED) is 0.456. The second-order valence-electron chi connectivity index (χ2n) is 3.55. The van der Waals surface area contributed by atoms with Gasteiger partial charge in [-0.25, -0.2) is 8.78 Å². The van der Waals surface area contributed by atoms with Crippen LogP contribution in [0.2, 0.25) is 0 Å². The van der Waals surface area contributed by atoms with E-state index in [1.54, 1.807) is 0 Å². The monoisotopic (exact) mass is 286 g/mol. The van der Waals surface area contributed by atoms with Crippen LogP contribution in [0, 0.1) is 0 Å². The maximum Gasteiger partial charge on any atom is 0.416 e. The van der Waals surface area contributed by atoms with Crippen LogP contribution in [-0.2, 0) is 6.18 Å². The number of hydrogen-bond donors (Lipinski definition) is 0. The van der Waals surface area contributed by atoms with Crippen molar-refractivity contribution in [3.05, 3.63) is 34.9 Å². The zero-order valence-electron chi connectivity index (χ0n) is 9.06. The van der Waals surface area contributed by atoms with Gasteiger partial charge in [0.15, 0.2) is 5.78 Å². The van der Waals surface area contributed by atoms with Crippen LogP contribution in [-0.4, -0.2) is 11.2 Å². The van der Waals surface area contributed by atoms with Crippen molar-refractivity contribution in [2.75, 3.05) is 0 Å². The molecule has 0 radical (unpaired) electrons. The molecule has 7 heteroatoms. The van der Waals surface area contributed by atoms with Gasteiger partial charge in [-0.05, 0) is 13.0 Å². The number of alkyl halides is 6. The number of carbonyl (C=O) groups excluding carboxylic acids is 1. The number of hydrogen-bond acceptors (Lipinski definition) is 1. The molecule has 1 unspecified atom stereocenters. The van der Waals surface area contributed by atoms with E-state index in [1.165, 1.54) is 6.92 Å². The first-order chi connectivity index (χ1) is 8.16. The van der Waals surface area contributed by atoms with E-state index in [-0.39, 0.29) is 0 Å². The summed E-state index contributed by atoms with van der Waals surface area (Å²) in [5, 5.41) is -1.18. The standard InChI is InChI=1S/C11H8ClF5O/c1-5(12)9(18)6-3-2-4-7(11(15,16)17)8(6)10(13)14/h2-5,10H,1H3. The molecule has 1 atom stereocenters. The van der Waals surface area contributed by atoms with Gasteiger partial charge in [-0.1, -0.05) is 12.1 Å². The van der Waals surface area contributed by atoms with Gasteiger partial charge in [0, 0.05) is 11.1 Å². The number of carbonyl (C=O) groups is 1. The van der Waals surface area contributed by atoms with Crippen molar-refractivity contribution in [3.63, 3.8) is 0 Å². The van der Waals surface area contributed by atoms with Gasteiger partial charge >= 0.3 is 6.18 Å². The summed E-state index contributed by atoms with van der Waals surface area (Å²) in [5.74, 6) is -0.960. The van der Waals surface area contributed by atoms with Crippen molar-refractivity contribution in [2.24, 2.45) is 0 Å².